The summed E-state index contributed by atoms with van der Waals surface area (Å²) in [6.45, 7) is 0. The van der Waals surface area contributed by atoms with Gasteiger partial charge in [-0.05, 0) is 58.5 Å². The van der Waals surface area contributed by atoms with E-state index in [1.54, 1.807) is 42.5 Å². The number of aromatic hydroxyl groups is 1. The average molecular weight is 651 g/mol. The molecule has 1 atom stereocenters. The summed E-state index contributed by atoms with van der Waals surface area (Å²) < 4.78 is 5.66. The van der Waals surface area contributed by atoms with Gasteiger partial charge in [-0.3, -0.25) is 4.79 Å². The van der Waals surface area contributed by atoms with Crippen LogP contribution in [0, 0.1) is 3.57 Å². The van der Waals surface area contributed by atoms with Gasteiger partial charge in [0.2, 0.25) is 0 Å². The van der Waals surface area contributed by atoms with E-state index in [4.69, 9.17) is 15.6 Å². The third-order valence-corrected chi connectivity index (χ3v) is 6.50. The maximum atomic E-state index is 11.1. The Morgan fingerprint density at radius 2 is 1.70 bits per heavy atom. The van der Waals surface area contributed by atoms with Crippen LogP contribution in [0.1, 0.15) is 5.56 Å². The lowest BCUT2D eigenvalue weighted by atomic mass is 10.1. The van der Waals surface area contributed by atoms with Crippen molar-refractivity contribution >= 4 is 73.7 Å². The molecule has 2 rings (SSSR count). The van der Waals surface area contributed by atoms with E-state index in [9.17, 15) is 9.90 Å². The molecule has 8 heteroatoms. The monoisotopic (exact) mass is 651 g/mol. The van der Waals surface area contributed by atoms with Crippen LogP contribution in [0.15, 0.2) is 42.5 Å². The average Bonchev–Trinajstić information content (AvgIpc) is 2.50. The lowest BCUT2D eigenvalue weighted by Crippen LogP contribution is -2.42. The van der Waals surface area contributed by atoms with Crippen molar-refractivity contribution in [2.75, 3.05) is 0 Å². The summed E-state index contributed by atoms with van der Waals surface area (Å²) >= 11 is 6.09. The number of ether oxygens (including phenoxy) is 1. The number of carboxylic acid groups (broad SMARTS) is 1. The molecule has 0 heterocycles. The van der Waals surface area contributed by atoms with Crippen LogP contribution in [0.25, 0.3) is 0 Å². The SMILES string of the molecule is N[C@H](C(=O)O)C(I)(I)c1ccc(Oc2ccc(O)c(I)c2)cc1. The number of rotatable bonds is 5. The minimum absolute atomic E-state index is 0.204. The Hall–Kier alpha value is -0.340. The molecule has 4 N–H and O–H groups in total. The normalized spacial score (nSPS) is 12.7. The Balaban J connectivity index is 2.19. The summed E-state index contributed by atoms with van der Waals surface area (Å²) in [4.78, 5) is 11.1. The topological polar surface area (TPSA) is 92.8 Å². The molecule has 0 aromatic heterocycles. The Labute approximate surface area is 174 Å². The lowest BCUT2D eigenvalue weighted by Gasteiger charge is -2.25. The molecule has 122 valence electrons. The van der Waals surface area contributed by atoms with E-state index >= 15 is 0 Å². The van der Waals surface area contributed by atoms with Crippen LogP contribution in [0.4, 0.5) is 0 Å². The van der Waals surface area contributed by atoms with Crippen LogP contribution in [0.3, 0.4) is 0 Å². The van der Waals surface area contributed by atoms with Gasteiger partial charge in [-0.15, -0.1) is 0 Å². The molecule has 0 spiro atoms. The number of hydrogen-bond donors (Lipinski definition) is 3. The first-order valence-electron chi connectivity index (χ1n) is 6.35. The van der Waals surface area contributed by atoms with Crippen molar-refractivity contribution in [3.05, 3.63) is 51.6 Å². The third kappa shape index (κ3) is 4.60. The second-order valence-electron chi connectivity index (χ2n) is 4.68. The van der Waals surface area contributed by atoms with E-state index in [1.165, 1.54) is 0 Å². The molecule has 0 saturated heterocycles. The number of carbonyl (C=O) groups is 1. The van der Waals surface area contributed by atoms with E-state index in [1.807, 2.05) is 67.8 Å². The molecule has 0 aliphatic carbocycles. The van der Waals surface area contributed by atoms with Crippen molar-refractivity contribution in [1.82, 2.24) is 0 Å². The summed E-state index contributed by atoms with van der Waals surface area (Å²) in [5.74, 6) is 0.378. The summed E-state index contributed by atoms with van der Waals surface area (Å²) in [5.41, 5.74) is 6.54. The van der Waals surface area contributed by atoms with Gasteiger partial charge in [0.05, 0.1) is 3.57 Å². The molecule has 0 aliphatic heterocycles. The number of phenolic OH excluding ortho intramolecular Hbond substituents is 1. The van der Waals surface area contributed by atoms with Crippen molar-refractivity contribution in [2.45, 2.75) is 7.47 Å². The molecule has 0 bridgehead atoms. The number of phenols is 1. The van der Waals surface area contributed by atoms with E-state index < -0.39 is 13.4 Å². The Morgan fingerprint density at radius 1 is 1.13 bits per heavy atom. The van der Waals surface area contributed by atoms with Crippen LogP contribution in [0.5, 0.6) is 17.2 Å². The van der Waals surface area contributed by atoms with Crippen LogP contribution >= 0.6 is 67.8 Å². The summed E-state index contributed by atoms with van der Waals surface area (Å²) in [7, 11) is 0. The highest BCUT2D eigenvalue weighted by Gasteiger charge is 2.37. The molecule has 5 nitrogen and oxygen atoms in total. The molecule has 23 heavy (non-hydrogen) atoms. The van der Waals surface area contributed by atoms with E-state index in [0.29, 0.717) is 15.1 Å². The fourth-order valence-corrected chi connectivity index (χ4v) is 3.51. The number of carboxylic acids is 1. The van der Waals surface area contributed by atoms with Crippen molar-refractivity contribution < 1.29 is 19.7 Å². The largest absolute Gasteiger partial charge is 0.507 e. The summed E-state index contributed by atoms with van der Waals surface area (Å²) in [5, 5.41) is 18.6. The summed E-state index contributed by atoms with van der Waals surface area (Å²) in [6, 6.07) is 11.1. The number of hydrogen-bond acceptors (Lipinski definition) is 4. The third-order valence-electron chi connectivity index (χ3n) is 3.05. The predicted octanol–water partition coefficient (Wildman–Crippen LogP) is 4.22. The fourth-order valence-electron chi connectivity index (χ4n) is 1.77. The van der Waals surface area contributed by atoms with E-state index in [-0.39, 0.29) is 5.75 Å². The van der Waals surface area contributed by atoms with Gasteiger partial charge < -0.3 is 20.7 Å². The quantitative estimate of drug-likeness (QED) is 0.333. The number of nitrogens with two attached hydrogens (primary N) is 1. The zero-order valence-corrected chi connectivity index (χ0v) is 18.0. The van der Waals surface area contributed by atoms with Gasteiger partial charge in [-0.25, -0.2) is 0 Å². The van der Waals surface area contributed by atoms with Gasteiger partial charge in [0.1, 0.15) is 24.7 Å². The lowest BCUT2D eigenvalue weighted by molar-refractivity contribution is -0.138. The predicted molar refractivity (Wildman–Crippen MR) is 113 cm³/mol. The molecule has 2 aromatic carbocycles. The van der Waals surface area contributed by atoms with E-state index in [0.717, 1.165) is 5.56 Å². The van der Waals surface area contributed by atoms with Crippen molar-refractivity contribution in [3.63, 3.8) is 0 Å². The second-order valence-corrected chi connectivity index (χ2v) is 11.3. The Morgan fingerprint density at radius 3 is 2.22 bits per heavy atom. The zero-order valence-electron chi connectivity index (χ0n) is 11.5. The van der Waals surface area contributed by atoms with Crippen LogP contribution < -0.4 is 10.5 Å². The van der Waals surface area contributed by atoms with Crippen molar-refractivity contribution in [3.8, 4) is 17.2 Å². The molecular formula is C15H12I3NO4. The maximum Gasteiger partial charge on any atom is 0.323 e. The molecule has 0 saturated carbocycles. The molecular weight excluding hydrogens is 639 g/mol. The number of alkyl halides is 2. The van der Waals surface area contributed by atoms with Gasteiger partial charge in [-0.1, -0.05) is 57.3 Å². The van der Waals surface area contributed by atoms with Gasteiger partial charge in [-0.2, -0.15) is 0 Å². The molecule has 0 radical (unpaired) electrons. The van der Waals surface area contributed by atoms with Gasteiger partial charge in [0.25, 0.3) is 0 Å². The van der Waals surface area contributed by atoms with Crippen molar-refractivity contribution in [1.29, 1.82) is 0 Å². The highest BCUT2D eigenvalue weighted by atomic mass is 127. The highest BCUT2D eigenvalue weighted by molar-refractivity contribution is 14.2. The fraction of sp³-hybridized carbons (Fsp3) is 0.133. The maximum absolute atomic E-state index is 11.1. The minimum atomic E-state index is -1.05. The number of halogens is 3. The minimum Gasteiger partial charge on any atom is -0.507 e. The highest BCUT2D eigenvalue weighted by Crippen LogP contribution is 2.42. The smallest absolute Gasteiger partial charge is 0.323 e. The van der Waals surface area contributed by atoms with Crippen LogP contribution in [0.2, 0.25) is 0 Å². The molecule has 0 unspecified atom stereocenters. The zero-order chi connectivity index (χ0) is 17.2. The Kier molecular flexibility index (Phi) is 6.35. The molecule has 2 aromatic rings. The number of benzene rings is 2. The standard InChI is InChI=1S/C15H12I3NO4/c16-11-7-10(5-6-12(11)20)23-9-3-1-8(2-4-9)15(17,18)13(19)14(21)22/h1-7,13,20H,19H2,(H,21,22)/t13-/m1/s1. The first kappa shape index (κ1) is 19.0. The van der Waals surface area contributed by atoms with E-state index in [2.05, 4.69) is 0 Å². The molecule has 0 amide bonds. The van der Waals surface area contributed by atoms with Gasteiger partial charge in [0, 0.05) is 0 Å². The first-order valence-corrected chi connectivity index (χ1v) is 9.58. The Bertz CT molecular complexity index is 719. The van der Waals surface area contributed by atoms with Crippen molar-refractivity contribution in [2.24, 2.45) is 5.73 Å². The van der Waals surface area contributed by atoms with Crippen LogP contribution in [-0.4, -0.2) is 22.2 Å². The van der Waals surface area contributed by atoms with Gasteiger partial charge in [0.15, 0.2) is 0 Å². The van der Waals surface area contributed by atoms with Gasteiger partial charge >= 0.3 is 5.97 Å². The molecule has 0 aliphatic rings. The molecule has 0 fully saturated rings. The van der Waals surface area contributed by atoms with Crippen LogP contribution in [-0.2, 0) is 6.22 Å². The number of aliphatic carboxylic acids is 1. The second kappa shape index (κ2) is 7.70. The summed E-state index contributed by atoms with van der Waals surface area (Å²) in [6.07, 6.45) is 0. The first-order chi connectivity index (χ1) is 10.7.